The minimum atomic E-state index is -0.0628. The summed E-state index contributed by atoms with van der Waals surface area (Å²) in [4.78, 5) is 0. The first kappa shape index (κ1) is 9.86. The molecule has 0 fully saturated rings. The van der Waals surface area contributed by atoms with Gasteiger partial charge in [0, 0.05) is 0 Å². The van der Waals surface area contributed by atoms with Crippen LogP contribution in [0.25, 0.3) is 0 Å². The van der Waals surface area contributed by atoms with E-state index in [0.717, 1.165) is 25.1 Å². The van der Waals surface area contributed by atoms with Gasteiger partial charge in [0.2, 0.25) is 0 Å². The van der Waals surface area contributed by atoms with Crippen LogP contribution in [0.4, 0.5) is 0 Å². The van der Waals surface area contributed by atoms with E-state index in [2.05, 4.69) is 5.32 Å². The van der Waals surface area contributed by atoms with E-state index < -0.39 is 0 Å². The van der Waals surface area contributed by atoms with E-state index in [9.17, 15) is 5.11 Å². The molecule has 0 amide bonds. The van der Waals surface area contributed by atoms with Gasteiger partial charge in [-0.1, -0.05) is 13.0 Å². The standard InChI is InChI=1S/C10H15NO2/c1-2-11-6-5-8-3-4-9(12)10(13)7-8/h3-4,7,11-13H,2,5-6H2,1H3. The molecule has 0 radical (unpaired) electrons. The fourth-order valence-electron chi connectivity index (χ4n) is 1.13. The topological polar surface area (TPSA) is 52.5 Å². The fourth-order valence-corrected chi connectivity index (χ4v) is 1.13. The molecule has 0 bridgehead atoms. The van der Waals surface area contributed by atoms with Crippen molar-refractivity contribution in [3.8, 4) is 11.5 Å². The van der Waals surface area contributed by atoms with Gasteiger partial charge in [-0.25, -0.2) is 0 Å². The molecule has 3 N–H and O–H groups in total. The Bertz CT molecular complexity index is 274. The first-order valence-corrected chi connectivity index (χ1v) is 4.45. The van der Waals surface area contributed by atoms with Crippen molar-refractivity contribution in [1.82, 2.24) is 5.32 Å². The van der Waals surface area contributed by atoms with E-state index in [1.165, 1.54) is 6.07 Å². The Morgan fingerprint density at radius 3 is 2.62 bits per heavy atom. The van der Waals surface area contributed by atoms with Gasteiger partial charge in [-0.05, 0) is 37.2 Å². The molecular weight excluding hydrogens is 166 g/mol. The highest BCUT2D eigenvalue weighted by Crippen LogP contribution is 2.24. The van der Waals surface area contributed by atoms with Crippen molar-refractivity contribution in [2.24, 2.45) is 0 Å². The number of hydrogen-bond donors (Lipinski definition) is 3. The number of nitrogens with one attached hydrogen (secondary N) is 1. The van der Waals surface area contributed by atoms with Gasteiger partial charge in [0.05, 0.1) is 0 Å². The van der Waals surface area contributed by atoms with Crippen LogP contribution in [0.2, 0.25) is 0 Å². The molecule has 0 saturated carbocycles. The predicted molar refractivity (Wildman–Crippen MR) is 52.0 cm³/mol. The Kier molecular flexibility index (Phi) is 3.58. The maximum atomic E-state index is 9.19. The molecule has 72 valence electrons. The Morgan fingerprint density at radius 1 is 1.23 bits per heavy atom. The molecule has 0 spiro atoms. The van der Waals surface area contributed by atoms with Crippen molar-refractivity contribution in [3.05, 3.63) is 23.8 Å². The summed E-state index contributed by atoms with van der Waals surface area (Å²) >= 11 is 0. The largest absolute Gasteiger partial charge is 0.504 e. The third-order valence-electron chi connectivity index (χ3n) is 1.88. The second-order valence-electron chi connectivity index (χ2n) is 2.93. The molecule has 1 rings (SSSR count). The van der Waals surface area contributed by atoms with Crippen LogP contribution >= 0.6 is 0 Å². The molecule has 1 aromatic rings. The first-order chi connectivity index (χ1) is 6.24. The van der Waals surface area contributed by atoms with Crippen molar-refractivity contribution in [3.63, 3.8) is 0 Å². The van der Waals surface area contributed by atoms with Crippen LogP contribution in [-0.2, 0) is 6.42 Å². The van der Waals surface area contributed by atoms with E-state index in [1.807, 2.05) is 13.0 Å². The third kappa shape index (κ3) is 2.95. The minimum Gasteiger partial charge on any atom is -0.504 e. The number of rotatable bonds is 4. The molecule has 0 heterocycles. The van der Waals surface area contributed by atoms with Crippen LogP contribution in [-0.4, -0.2) is 23.3 Å². The zero-order valence-corrected chi connectivity index (χ0v) is 7.75. The van der Waals surface area contributed by atoms with Gasteiger partial charge < -0.3 is 15.5 Å². The summed E-state index contributed by atoms with van der Waals surface area (Å²) in [5.74, 6) is -0.110. The molecular formula is C10H15NO2. The van der Waals surface area contributed by atoms with Crippen molar-refractivity contribution in [2.45, 2.75) is 13.3 Å². The number of hydrogen-bond acceptors (Lipinski definition) is 3. The number of phenolic OH excluding ortho intramolecular Hbond substituents is 2. The smallest absolute Gasteiger partial charge is 0.157 e. The zero-order valence-electron chi connectivity index (χ0n) is 7.75. The lowest BCUT2D eigenvalue weighted by Crippen LogP contribution is -2.15. The lowest BCUT2D eigenvalue weighted by Gasteiger charge is -2.03. The van der Waals surface area contributed by atoms with Crippen LogP contribution in [0, 0.1) is 0 Å². The van der Waals surface area contributed by atoms with E-state index in [-0.39, 0.29) is 11.5 Å². The second kappa shape index (κ2) is 4.72. The van der Waals surface area contributed by atoms with Crippen molar-refractivity contribution < 1.29 is 10.2 Å². The molecule has 0 atom stereocenters. The Balaban J connectivity index is 2.53. The molecule has 3 heteroatoms. The highest BCUT2D eigenvalue weighted by atomic mass is 16.3. The number of benzene rings is 1. The van der Waals surface area contributed by atoms with E-state index in [0.29, 0.717) is 0 Å². The van der Waals surface area contributed by atoms with Gasteiger partial charge in [-0.2, -0.15) is 0 Å². The highest BCUT2D eigenvalue weighted by molar-refractivity contribution is 5.40. The SMILES string of the molecule is CCNCCc1ccc(O)c(O)c1. The molecule has 0 aromatic heterocycles. The molecule has 3 nitrogen and oxygen atoms in total. The van der Waals surface area contributed by atoms with Crippen LogP contribution in [0.15, 0.2) is 18.2 Å². The molecule has 0 aliphatic heterocycles. The van der Waals surface area contributed by atoms with Gasteiger partial charge in [-0.3, -0.25) is 0 Å². The van der Waals surface area contributed by atoms with E-state index in [1.54, 1.807) is 6.07 Å². The molecule has 0 unspecified atom stereocenters. The van der Waals surface area contributed by atoms with Gasteiger partial charge in [0.15, 0.2) is 11.5 Å². The van der Waals surface area contributed by atoms with Crippen molar-refractivity contribution in [1.29, 1.82) is 0 Å². The average molecular weight is 181 g/mol. The number of likely N-dealkylation sites (N-methyl/N-ethyl adjacent to an activating group) is 1. The van der Waals surface area contributed by atoms with Gasteiger partial charge in [-0.15, -0.1) is 0 Å². The van der Waals surface area contributed by atoms with E-state index >= 15 is 0 Å². The third-order valence-corrected chi connectivity index (χ3v) is 1.88. The summed E-state index contributed by atoms with van der Waals surface area (Å²) in [6, 6.07) is 4.91. The van der Waals surface area contributed by atoms with Crippen molar-refractivity contribution >= 4 is 0 Å². The Labute approximate surface area is 78.0 Å². The van der Waals surface area contributed by atoms with Crippen LogP contribution in [0.1, 0.15) is 12.5 Å². The predicted octanol–water partition coefficient (Wildman–Crippen LogP) is 1.25. The first-order valence-electron chi connectivity index (χ1n) is 4.45. The van der Waals surface area contributed by atoms with Gasteiger partial charge >= 0.3 is 0 Å². The monoisotopic (exact) mass is 181 g/mol. The quantitative estimate of drug-likeness (QED) is 0.484. The highest BCUT2D eigenvalue weighted by Gasteiger charge is 1.99. The molecule has 13 heavy (non-hydrogen) atoms. The number of aromatic hydroxyl groups is 2. The molecule has 0 aliphatic carbocycles. The zero-order chi connectivity index (χ0) is 9.68. The Hall–Kier alpha value is -1.22. The Morgan fingerprint density at radius 2 is 2.00 bits per heavy atom. The average Bonchev–Trinajstić information content (AvgIpc) is 2.12. The summed E-state index contributed by atoms with van der Waals surface area (Å²) in [6.07, 6.45) is 0.863. The van der Waals surface area contributed by atoms with Crippen LogP contribution in [0.3, 0.4) is 0 Å². The summed E-state index contributed by atoms with van der Waals surface area (Å²) in [6.45, 7) is 3.89. The van der Waals surface area contributed by atoms with Crippen LogP contribution < -0.4 is 5.32 Å². The number of phenols is 2. The molecule has 1 aromatic carbocycles. The summed E-state index contributed by atoms with van der Waals surface area (Å²) in [7, 11) is 0. The second-order valence-corrected chi connectivity index (χ2v) is 2.93. The fraction of sp³-hybridized carbons (Fsp3) is 0.400. The van der Waals surface area contributed by atoms with E-state index in [4.69, 9.17) is 5.11 Å². The maximum Gasteiger partial charge on any atom is 0.157 e. The van der Waals surface area contributed by atoms with Gasteiger partial charge in [0.25, 0.3) is 0 Å². The molecule has 0 saturated heterocycles. The lowest BCUT2D eigenvalue weighted by molar-refractivity contribution is 0.403. The normalized spacial score (nSPS) is 10.2. The summed E-state index contributed by atoms with van der Waals surface area (Å²) in [5, 5.41) is 21.4. The molecule has 0 aliphatic rings. The summed E-state index contributed by atoms with van der Waals surface area (Å²) in [5.41, 5.74) is 1.02. The van der Waals surface area contributed by atoms with Crippen LogP contribution in [0.5, 0.6) is 11.5 Å². The minimum absolute atomic E-state index is 0.0472. The maximum absolute atomic E-state index is 9.19. The lowest BCUT2D eigenvalue weighted by atomic mass is 10.1. The summed E-state index contributed by atoms with van der Waals surface area (Å²) < 4.78 is 0. The van der Waals surface area contributed by atoms with Crippen molar-refractivity contribution in [2.75, 3.05) is 13.1 Å². The van der Waals surface area contributed by atoms with Gasteiger partial charge in [0.1, 0.15) is 0 Å².